The first-order chi connectivity index (χ1) is 9.77. The average molecular weight is 291 g/mol. The van der Waals surface area contributed by atoms with Crippen LogP contribution in [0, 0.1) is 11.3 Å². The summed E-state index contributed by atoms with van der Waals surface area (Å²) < 4.78 is 0. The molecule has 0 bridgehead atoms. The molecule has 0 heterocycles. The molecule has 0 saturated carbocycles. The third kappa shape index (κ3) is 4.88. The van der Waals surface area contributed by atoms with E-state index in [0.29, 0.717) is 12.8 Å². The highest BCUT2D eigenvalue weighted by Gasteiger charge is 2.33. The van der Waals surface area contributed by atoms with Crippen LogP contribution in [0.3, 0.4) is 0 Å². The number of aliphatic carboxylic acids is 1. The Morgan fingerprint density at radius 1 is 1.24 bits per heavy atom. The van der Waals surface area contributed by atoms with Gasteiger partial charge in [-0.15, -0.1) is 0 Å². The normalized spacial score (nSPS) is 14.3. The monoisotopic (exact) mass is 291 g/mol. The topological polar surface area (TPSA) is 66.4 Å². The lowest BCUT2D eigenvalue weighted by atomic mass is 9.84. The zero-order valence-electron chi connectivity index (χ0n) is 13.2. The minimum Gasteiger partial charge on any atom is -0.480 e. The highest BCUT2D eigenvalue weighted by molar-refractivity contribution is 5.87. The minimum absolute atomic E-state index is 0.0982. The molecule has 0 spiro atoms. The van der Waals surface area contributed by atoms with Crippen LogP contribution >= 0.6 is 0 Å². The highest BCUT2D eigenvalue weighted by atomic mass is 16.4. The van der Waals surface area contributed by atoms with Gasteiger partial charge in [0, 0.05) is 5.41 Å². The van der Waals surface area contributed by atoms with Crippen LogP contribution in [0.15, 0.2) is 30.3 Å². The molecular formula is C17H25NO3. The number of carboxylic acids is 1. The van der Waals surface area contributed by atoms with Gasteiger partial charge in [-0.1, -0.05) is 64.4 Å². The number of carbonyl (C=O) groups excluding carboxylic acids is 1. The number of hydrogen-bond donors (Lipinski definition) is 2. The number of carboxylic acid groups (broad SMARTS) is 1. The third-order valence-corrected chi connectivity index (χ3v) is 3.87. The highest BCUT2D eigenvalue weighted by Crippen LogP contribution is 2.23. The molecule has 1 aromatic rings. The van der Waals surface area contributed by atoms with Gasteiger partial charge in [0.1, 0.15) is 6.04 Å². The molecule has 0 radical (unpaired) electrons. The summed E-state index contributed by atoms with van der Waals surface area (Å²) in [6.45, 7) is 7.43. The standard InChI is InChI=1S/C17H25NO3/c1-5-12(2)14(15(19)20)18-16(21)17(3,4)11-13-9-7-6-8-10-13/h6-10,12,14H,5,11H2,1-4H3,(H,18,21)(H,19,20). The zero-order chi connectivity index (χ0) is 16.0. The van der Waals surface area contributed by atoms with E-state index in [-0.39, 0.29) is 11.8 Å². The molecule has 4 heteroatoms. The fourth-order valence-corrected chi connectivity index (χ4v) is 2.21. The Hall–Kier alpha value is -1.84. The zero-order valence-corrected chi connectivity index (χ0v) is 13.2. The first kappa shape index (κ1) is 17.2. The molecule has 2 atom stereocenters. The Kier molecular flexibility index (Phi) is 5.94. The molecular weight excluding hydrogens is 266 g/mol. The van der Waals surface area contributed by atoms with Gasteiger partial charge in [0.2, 0.25) is 5.91 Å². The summed E-state index contributed by atoms with van der Waals surface area (Å²) >= 11 is 0. The number of amides is 1. The number of carbonyl (C=O) groups is 2. The summed E-state index contributed by atoms with van der Waals surface area (Å²) in [4.78, 5) is 23.7. The second kappa shape index (κ2) is 7.25. The van der Waals surface area contributed by atoms with Crippen molar-refractivity contribution < 1.29 is 14.7 Å². The molecule has 4 nitrogen and oxygen atoms in total. The van der Waals surface area contributed by atoms with Gasteiger partial charge in [-0.3, -0.25) is 4.79 Å². The Morgan fingerprint density at radius 3 is 2.29 bits per heavy atom. The van der Waals surface area contributed by atoms with Gasteiger partial charge < -0.3 is 10.4 Å². The van der Waals surface area contributed by atoms with Crippen molar-refractivity contribution in [2.75, 3.05) is 0 Å². The van der Waals surface area contributed by atoms with Gasteiger partial charge in [-0.25, -0.2) is 4.79 Å². The van der Waals surface area contributed by atoms with E-state index in [0.717, 1.165) is 5.56 Å². The van der Waals surface area contributed by atoms with Gasteiger partial charge in [-0.2, -0.15) is 0 Å². The Bertz CT molecular complexity index is 482. The molecule has 0 aliphatic rings. The SMILES string of the molecule is CCC(C)C(NC(=O)C(C)(C)Cc1ccccc1)C(=O)O. The summed E-state index contributed by atoms with van der Waals surface area (Å²) in [5.41, 5.74) is 0.413. The van der Waals surface area contributed by atoms with Crippen molar-refractivity contribution in [3.05, 3.63) is 35.9 Å². The van der Waals surface area contributed by atoms with E-state index in [1.165, 1.54) is 0 Å². The Labute approximate surface area is 126 Å². The maximum atomic E-state index is 12.4. The first-order valence-corrected chi connectivity index (χ1v) is 7.35. The number of benzene rings is 1. The summed E-state index contributed by atoms with van der Waals surface area (Å²) in [6, 6.07) is 8.90. The fourth-order valence-electron chi connectivity index (χ4n) is 2.21. The molecule has 116 valence electrons. The largest absolute Gasteiger partial charge is 0.480 e. The van der Waals surface area contributed by atoms with Crippen LogP contribution < -0.4 is 5.32 Å². The molecule has 0 fully saturated rings. The second-order valence-corrected chi connectivity index (χ2v) is 6.22. The van der Waals surface area contributed by atoms with E-state index in [9.17, 15) is 14.7 Å². The molecule has 0 aliphatic heterocycles. The van der Waals surface area contributed by atoms with Crippen LogP contribution in [-0.2, 0) is 16.0 Å². The first-order valence-electron chi connectivity index (χ1n) is 7.35. The lowest BCUT2D eigenvalue weighted by Crippen LogP contribution is -2.50. The van der Waals surface area contributed by atoms with Crippen molar-refractivity contribution in [1.29, 1.82) is 0 Å². The molecule has 0 saturated heterocycles. The van der Waals surface area contributed by atoms with Crippen molar-refractivity contribution >= 4 is 11.9 Å². The van der Waals surface area contributed by atoms with Crippen LogP contribution in [0.25, 0.3) is 0 Å². The maximum Gasteiger partial charge on any atom is 0.326 e. The van der Waals surface area contributed by atoms with Crippen molar-refractivity contribution in [2.24, 2.45) is 11.3 Å². The minimum atomic E-state index is -0.979. The van der Waals surface area contributed by atoms with Crippen molar-refractivity contribution in [2.45, 2.75) is 46.6 Å². The maximum absolute atomic E-state index is 12.4. The Morgan fingerprint density at radius 2 is 1.81 bits per heavy atom. The van der Waals surface area contributed by atoms with E-state index in [2.05, 4.69) is 5.32 Å². The van der Waals surface area contributed by atoms with Crippen molar-refractivity contribution in [3.63, 3.8) is 0 Å². The third-order valence-electron chi connectivity index (χ3n) is 3.87. The quantitative estimate of drug-likeness (QED) is 0.811. The predicted octanol–water partition coefficient (Wildman–Crippen LogP) is 2.87. The number of nitrogens with one attached hydrogen (secondary N) is 1. The lowest BCUT2D eigenvalue weighted by molar-refractivity contribution is -0.145. The van der Waals surface area contributed by atoms with Crippen LogP contribution in [0.4, 0.5) is 0 Å². The van der Waals surface area contributed by atoms with Gasteiger partial charge >= 0.3 is 5.97 Å². The molecule has 2 N–H and O–H groups in total. The van der Waals surface area contributed by atoms with Gasteiger partial charge in [0.25, 0.3) is 0 Å². The van der Waals surface area contributed by atoms with E-state index in [4.69, 9.17) is 0 Å². The van der Waals surface area contributed by atoms with Crippen molar-refractivity contribution in [3.8, 4) is 0 Å². The fraction of sp³-hybridized carbons (Fsp3) is 0.529. The van der Waals surface area contributed by atoms with E-state index in [1.54, 1.807) is 0 Å². The van der Waals surface area contributed by atoms with Crippen LogP contribution in [0.2, 0.25) is 0 Å². The summed E-state index contributed by atoms with van der Waals surface area (Å²) in [6.07, 6.45) is 1.28. The number of hydrogen-bond acceptors (Lipinski definition) is 2. The van der Waals surface area contributed by atoms with Gasteiger partial charge in [-0.05, 0) is 17.9 Å². The molecule has 2 unspecified atom stereocenters. The van der Waals surface area contributed by atoms with Crippen LogP contribution in [-0.4, -0.2) is 23.0 Å². The molecule has 1 aromatic carbocycles. The molecule has 1 rings (SSSR count). The Balaban J connectivity index is 2.78. The molecule has 0 aromatic heterocycles. The van der Waals surface area contributed by atoms with Crippen molar-refractivity contribution in [1.82, 2.24) is 5.32 Å². The van der Waals surface area contributed by atoms with Crippen LogP contribution in [0.5, 0.6) is 0 Å². The smallest absolute Gasteiger partial charge is 0.326 e. The molecule has 1 amide bonds. The van der Waals surface area contributed by atoms with Crippen LogP contribution in [0.1, 0.15) is 39.7 Å². The molecule has 21 heavy (non-hydrogen) atoms. The number of rotatable bonds is 7. The summed E-state index contributed by atoms with van der Waals surface area (Å²) in [7, 11) is 0. The molecule has 0 aliphatic carbocycles. The van der Waals surface area contributed by atoms with E-state index >= 15 is 0 Å². The summed E-state index contributed by atoms with van der Waals surface area (Å²) in [5, 5.41) is 12.0. The predicted molar refractivity (Wildman–Crippen MR) is 82.9 cm³/mol. The lowest BCUT2D eigenvalue weighted by Gasteiger charge is -2.28. The second-order valence-electron chi connectivity index (χ2n) is 6.22. The van der Waals surface area contributed by atoms with E-state index in [1.807, 2.05) is 58.0 Å². The van der Waals surface area contributed by atoms with Gasteiger partial charge in [0.05, 0.1) is 0 Å². The summed E-state index contributed by atoms with van der Waals surface area (Å²) in [5.74, 6) is -1.30. The van der Waals surface area contributed by atoms with E-state index < -0.39 is 17.4 Å². The van der Waals surface area contributed by atoms with Gasteiger partial charge in [0.15, 0.2) is 0 Å². The average Bonchev–Trinajstić information content (AvgIpc) is 2.43.